The number of carbonyl (C=O) groups is 3. The highest BCUT2D eigenvalue weighted by molar-refractivity contribution is 5.72. The largest absolute Gasteiger partial charge is 0.481 e. The number of hydrogen-bond donors (Lipinski definition) is 5. The van der Waals surface area contributed by atoms with Gasteiger partial charge in [-0.1, -0.05) is 65.0 Å². The molecule has 9 saturated heterocycles. The van der Waals surface area contributed by atoms with Crippen LogP contribution in [0, 0.1) is 29.6 Å². The number of carboxylic acid groups (broad SMARTS) is 2. The molecule has 0 bridgehead atoms. The van der Waals surface area contributed by atoms with Crippen LogP contribution in [-0.2, 0) is 66.5 Å². The van der Waals surface area contributed by atoms with Crippen LogP contribution in [0.25, 0.3) is 0 Å². The van der Waals surface area contributed by atoms with Gasteiger partial charge in [0.15, 0.2) is 0 Å². The van der Waals surface area contributed by atoms with E-state index in [9.17, 15) is 34.8 Å². The lowest BCUT2D eigenvalue weighted by Gasteiger charge is -2.61. The zero-order chi connectivity index (χ0) is 60.4. The zero-order valence-electron chi connectivity index (χ0n) is 51.5. The fourth-order valence-electron chi connectivity index (χ4n) is 16.7. The number of carbonyl (C=O) groups excluding carboxylic acids is 1. The Morgan fingerprint density at radius 2 is 1.44 bits per heavy atom. The molecule has 10 heterocycles. The van der Waals surface area contributed by atoms with E-state index in [1.54, 1.807) is 6.92 Å². The lowest BCUT2D eigenvalue weighted by Crippen LogP contribution is -2.74. The molecule has 474 valence electrons. The number of rotatable bonds is 16. The van der Waals surface area contributed by atoms with Gasteiger partial charge in [-0.2, -0.15) is 0 Å². The number of aliphatic hydroxyl groups is 3. The van der Waals surface area contributed by atoms with Gasteiger partial charge in [0.25, 0.3) is 0 Å². The molecule has 84 heavy (non-hydrogen) atoms. The molecule has 10 rings (SSSR count). The second-order valence-electron chi connectivity index (χ2n) is 28.7. The van der Waals surface area contributed by atoms with E-state index in [0.29, 0.717) is 77.0 Å². The molecule has 0 saturated carbocycles. The summed E-state index contributed by atoms with van der Waals surface area (Å²) < 4.78 is 75.5. The minimum atomic E-state index is -1.09. The summed E-state index contributed by atoms with van der Waals surface area (Å²) in [6.07, 6.45) is 5.79. The number of esters is 1. The van der Waals surface area contributed by atoms with Crippen molar-refractivity contribution in [3.8, 4) is 0 Å². The first-order valence-corrected chi connectivity index (χ1v) is 31.9. The highest BCUT2D eigenvalue weighted by Gasteiger charge is 2.65. The Morgan fingerprint density at radius 3 is 2.19 bits per heavy atom. The molecule has 0 aromatic rings. The second kappa shape index (κ2) is 25.5. The molecule has 0 spiro atoms. The average Bonchev–Trinajstić information content (AvgIpc) is 1.50. The van der Waals surface area contributed by atoms with Gasteiger partial charge in [-0.3, -0.25) is 14.4 Å². The van der Waals surface area contributed by atoms with Gasteiger partial charge in [-0.25, -0.2) is 0 Å². The molecule has 5 N–H and O–H groups in total. The van der Waals surface area contributed by atoms with Crippen molar-refractivity contribution in [2.75, 3.05) is 6.61 Å². The Kier molecular flexibility index (Phi) is 19.5. The molecule has 9 fully saturated rings. The highest BCUT2D eigenvalue weighted by atomic mass is 16.7. The van der Waals surface area contributed by atoms with Crippen LogP contribution < -0.4 is 0 Å². The molecule has 0 aromatic heterocycles. The fourth-order valence-corrected chi connectivity index (χ4v) is 16.7. The third kappa shape index (κ3) is 13.8. The maximum atomic E-state index is 12.5. The van der Waals surface area contributed by atoms with Crippen LogP contribution in [0.4, 0.5) is 0 Å². The molecule has 19 nitrogen and oxygen atoms in total. The summed E-state index contributed by atoms with van der Waals surface area (Å²) in [5.74, 6) is -2.58. The molecular formula is C65H100O19. The summed E-state index contributed by atoms with van der Waals surface area (Å²) in [7, 11) is 0. The minimum absolute atomic E-state index is 0.0345. The summed E-state index contributed by atoms with van der Waals surface area (Å²) in [6, 6.07) is 0. The maximum absolute atomic E-state index is 12.5. The molecule has 10 aliphatic rings. The predicted molar refractivity (Wildman–Crippen MR) is 306 cm³/mol. The van der Waals surface area contributed by atoms with Crippen molar-refractivity contribution in [2.24, 2.45) is 29.6 Å². The molecular weight excluding hydrogens is 1080 g/mol. The van der Waals surface area contributed by atoms with E-state index >= 15 is 0 Å². The van der Waals surface area contributed by atoms with Crippen molar-refractivity contribution in [1.82, 2.24) is 0 Å². The summed E-state index contributed by atoms with van der Waals surface area (Å²) in [5.41, 5.74) is -1.26. The van der Waals surface area contributed by atoms with Crippen LogP contribution >= 0.6 is 0 Å². The molecule has 0 radical (unpaired) electrons. The van der Waals surface area contributed by atoms with Gasteiger partial charge in [0, 0.05) is 56.8 Å². The zero-order valence-corrected chi connectivity index (χ0v) is 51.5. The van der Waals surface area contributed by atoms with E-state index in [4.69, 9.17) is 57.2 Å². The quantitative estimate of drug-likeness (QED) is 0.0727. The monoisotopic (exact) mass is 1180 g/mol. The topological polar surface area (TPSA) is 254 Å². The minimum Gasteiger partial charge on any atom is -0.481 e. The summed E-state index contributed by atoms with van der Waals surface area (Å²) in [6.45, 7) is 24.8. The average molecular weight is 1190 g/mol. The summed E-state index contributed by atoms with van der Waals surface area (Å²) >= 11 is 0. The van der Waals surface area contributed by atoms with Crippen LogP contribution in [0.1, 0.15) is 178 Å². The number of aliphatic hydroxyl groups excluding tert-OH is 3. The van der Waals surface area contributed by atoms with Crippen LogP contribution in [-0.4, -0.2) is 188 Å². The van der Waals surface area contributed by atoms with Gasteiger partial charge < -0.3 is 77.6 Å². The van der Waals surface area contributed by atoms with Gasteiger partial charge in [0.2, 0.25) is 0 Å². The van der Waals surface area contributed by atoms with E-state index in [2.05, 4.69) is 59.4 Å². The Morgan fingerprint density at radius 1 is 0.726 bits per heavy atom. The third-order valence-corrected chi connectivity index (χ3v) is 21.1. The van der Waals surface area contributed by atoms with E-state index in [1.165, 1.54) is 0 Å². The Balaban J connectivity index is 0.759. The van der Waals surface area contributed by atoms with E-state index in [-0.39, 0.29) is 129 Å². The lowest BCUT2D eigenvalue weighted by atomic mass is 9.72. The molecule has 10 aliphatic heterocycles. The molecule has 0 aromatic carbocycles. The van der Waals surface area contributed by atoms with Gasteiger partial charge in [0.1, 0.15) is 17.8 Å². The lowest BCUT2D eigenvalue weighted by molar-refractivity contribution is -0.369. The number of aliphatic carboxylic acids is 2. The molecule has 19 heteroatoms. The standard InChI is InChI=1S/C65H100O19/c1-33(19-35(3)31-74-57(72)22-34(2)21-55(68)69)20-46-37(5)24-52-62(8,83-46)30-50-60(80-52)61(73)65(11)54(78-50)29-49-59(84-65)36(4)13-12-14-44-43(76-49)17-18-51-63(9,81-44)32-64(10)53(79-51)28-48-45(82-64)16-15-42(67)47(77-48)27-40(66)26-41-23-38(6)58(75-41)39(7)25-56(70)71/h12-13,19,34-36,38-54,58-61,66-67,73H,5,14-18,20-32H2,1-4,6-11H3,(H,68,69)(H,70,71)/b13-12-,33-19+/t34-,35+,36-,38-,39-,40-,41-,42+,43+,44+,45+,46+,47+,48+,49-,50-,51-,52-,53+,54+,58-,59-,60-,61-,62+,63-,64+,65-/m1/s1. The van der Waals surface area contributed by atoms with Crippen LogP contribution in [0.2, 0.25) is 0 Å². The molecule has 0 unspecified atom stereocenters. The van der Waals surface area contributed by atoms with Gasteiger partial charge in [-0.15, -0.1) is 0 Å². The fraction of sp³-hybridized carbons (Fsp3) is 0.862. The van der Waals surface area contributed by atoms with E-state index in [1.807, 2.05) is 27.7 Å². The first-order valence-electron chi connectivity index (χ1n) is 31.9. The first kappa shape index (κ1) is 64.1. The van der Waals surface area contributed by atoms with E-state index < -0.39 is 89.1 Å². The first-order chi connectivity index (χ1) is 39.6. The number of ether oxygens (including phenoxy) is 11. The van der Waals surface area contributed by atoms with Crippen molar-refractivity contribution >= 4 is 17.9 Å². The third-order valence-electron chi connectivity index (χ3n) is 21.1. The SMILES string of the molecule is C=C1C[C@H]2O[C@H]3[C@@H](O)[C@]4(C)O[C@@H]5[C@H](C)/C=C\C[C@@H]6O[C@]7(C)C[C@]8(C)O[C@H]9CC[C@H](O)[C@H](C[C@H](O)C[C@H]%10C[C@@H](C)[C@H]([C@H](C)CC(=O)O)O%10)O[C@H]9C[C@@H]8O[C@@H]7CC[C@@H]6O[C@@H]5C[C@@H]4O[C@@H]3C[C@]2(C)O[C@H]1C/C(C)=C/[C@H](C)COC(=O)C[C@H](C)CC(=O)O. The summed E-state index contributed by atoms with van der Waals surface area (Å²) in [4.78, 5) is 34.9. The Bertz CT molecular complexity index is 2420. The second-order valence-corrected chi connectivity index (χ2v) is 28.7. The number of carboxylic acids is 2. The van der Waals surface area contributed by atoms with Gasteiger partial charge in [0.05, 0.1) is 134 Å². The van der Waals surface area contributed by atoms with Gasteiger partial charge in [-0.05, 0) is 116 Å². The van der Waals surface area contributed by atoms with E-state index in [0.717, 1.165) is 17.6 Å². The normalized spacial score (nSPS) is 47.6. The van der Waals surface area contributed by atoms with Crippen molar-refractivity contribution in [3.05, 3.63) is 36.0 Å². The number of hydrogen-bond acceptors (Lipinski definition) is 17. The Labute approximate surface area is 497 Å². The number of fused-ring (bicyclic) bond motifs is 8. The molecule has 0 amide bonds. The Hall–Kier alpha value is -2.89. The van der Waals surface area contributed by atoms with Gasteiger partial charge >= 0.3 is 17.9 Å². The smallest absolute Gasteiger partial charge is 0.306 e. The predicted octanol–water partition coefficient (Wildman–Crippen LogP) is 7.89. The van der Waals surface area contributed by atoms with Crippen molar-refractivity contribution in [1.29, 1.82) is 0 Å². The summed E-state index contributed by atoms with van der Waals surface area (Å²) in [5, 5.41) is 53.8. The van der Waals surface area contributed by atoms with Crippen LogP contribution in [0.5, 0.6) is 0 Å². The van der Waals surface area contributed by atoms with Crippen molar-refractivity contribution < 1.29 is 92.0 Å². The maximum Gasteiger partial charge on any atom is 0.306 e. The molecule has 0 aliphatic carbocycles. The van der Waals surface area contributed by atoms with Crippen LogP contribution in [0.3, 0.4) is 0 Å². The van der Waals surface area contributed by atoms with Crippen molar-refractivity contribution in [3.63, 3.8) is 0 Å². The van der Waals surface area contributed by atoms with Crippen molar-refractivity contribution in [2.45, 2.75) is 317 Å². The molecule has 28 atom stereocenters. The van der Waals surface area contributed by atoms with Crippen LogP contribution in [0.15, 0.2) is 36.0 Å². The highest BCUT2D eigenvalue weighted by Crippen LogP contribution is 2.54.